The maximum atomic E-state index is 12.7. The van der Waals surface area contributed by atoms with Crippen molar-refractivity contribution < 1.29 is 13.2 Å². The minimum absolute atomic E-state index is 0.0277. The van der Waals surface area contributed by atoms with Crippen LogP contribution in [0.3, 0.4) is 0 Å². The standard InChI is InChI=1S/C19H23NO3S/c1-5-10-24(22,23)17-9-7-6-8-16(17)19(21)20-18-14(3)11-13(2)12-15(18)4/h6-9,11-12H,5,10H2,1-4H3,(H,20,21). The van der Waals surface area contributed by atoms with E-state index in [1.165, 1.54) is 6.07 Å². The van der Waals surface area contributed by atoms with Gasteiger partial charge in [-0.2, -0.15) is 0 Å². The van der Waals surface area contributed by atoms with Gasteiger partial charge < -0.3 is 5.32 Å². The van der Waals surface area contributed by atoms with Crippen LogP contribution < -0.4 is 5.32 Å². The van der Waals surface area contributed by atoms with Gasteiger partial charge in [-0.1, -0.05) is 36.8 Å². The average Bonchev–Trinajstić information content (AvgIpc) is 2.50. The Bertz CT molecular complexity index is 847. The number of amides is 1. The van der Waals surface area contributed by atoms with Crippen LogP contribution in [0.5, 0.6) is 0 Å². The lowest BCUT2D eigenvalue weighted by atomic mass is 10.0. The Labute approximate surface area is 143 Å². The topological polar surface area (TPSA) is 63.2 Å². The van der Waals surface area contributed by atoms with E-state index in [0.29, 0.717) is 6.42 Å². The number of benzene rings is 2. The molecule has 0 unspecified atom stereocenters. The fourth-order valence-corrected chi connectivity index (χ4v) is 4.40. The summed E-state index contributed by atoms with van der Waals surface area (Å²) in [5.74, 6) is -0.375. The van der Waals surface area contributed by atoms with Gasteiger partial charge in [-0.25, -0.2) is 8.42 Å². The molecule has 0 spiro atoms. The zero-order chi connectivity index (χ0) is 17.9. The van der Waals surface area contributed by atoms with E-state index < -0.39 is 15.7 Å². The molecule has 0 aliphatic carbocycles. The molecule has 0 fully saturated rings. The van der Waals surface area contributed by atoms with Crippen molar-refractivity contribution in [3.05, 3.63) is 58.7 Å². The van der Waals surface area contributed by atoms with Crippen LogP contribution in [0.2, 0.25) is 0 Å². The van der Waals surface area contributed by atoms with E-state index in [9.17, 15) is 13.2 Å². The maximum absolute atomic E-state index is 12.7. The number of hydrogen-bond donors (Lipinski definition) is 1. The van der Waals surface area contributed by atoms with Crippen LogP contribution in [0.15, 0.2) is 41.3 Å². The Hall–Kier alpha value is -2.14. The number of aryl methyl sites for hydroxylation is 3. The Kier molecular flexibility index (Phi) is 5.44. The Morgan fingerprint density at radius 1 is 1.04 bits per heavy atom. The highest BCUT2D eigenvalue weighted by Crippen LogP contribution is 2.24. The zero-order valence-corrected chi connectivity index (χ0v) is 15.3. The maximum Gasteiger partial charge on any atom is 0.257 e. The van der Waals surface area contributed by atoms with Crippen molar-refractivity contribution in [2.45, 2.75) is 39.0 Å². The van der Waals surface area contributed by atoms with Crippen molar-refractivity contribution in [2.75, 3.05) is 11.1 Å². The molecule has 0 bridgehead atoms. The van der Waals surface area contributed by atoms with Gasteiger partial charge >= 0.3 is 0 Å². The van der Waals surface area contributed by atoms with Crippen LogP contribution in [0.1, 0.15) is 40.4 Å². The molecule has 128 valence electrons. The first-order chi connectivity index (χ1) is 11.3. The lowest BCUT2D eigenvalue weighted by Crippen LogP contribution is -2.18. The fraction of sp³-hybridized carbons (Fsp3) is 0.316. The van der Waals surface area contributed by atoms with Crippen molar-refractivity contribution in [1.29, 1.82) is 0 Å². The highest BCUT2D eigenvalue weighted by atomic mass is 32.2. The minimum atomic E-state index is -3.47. The molecule has 0 saturated heterocycles. The molecule has 2 aromatic carbocycles. The number of rotatable bonds is 5. The third-order valence-corrected chi connectivity index (χ3v) is 5.83. The van der Waals surface area contributed by atoms with E-state index in [1.807, 2.05) is 32.9 Å². The first kappa shape index (κ1) is 18.2. The highest BCUT2D eigenvalue weighted by Gasteiger charge is 2.22. The summed E-state index contributed by atoms with van der Waals surface area (Å²) in [7, 11) is -3.47. The molecule has 0 radical (unpaired) electrons. The van der Waals surface area contributed by atoms with Gasteiger partial charge in [0.05, 0.1) is 16.2 Å². The normalized spacial score (nSPS) is 11.3. The molecule has 0 saturated carbocycles. The minimum Gasteiger partial charge on any atom is -0.321 e. The van der Waals surface area contributed by atoms with Gasteiger partial charge in [-0.15, -0.1) is 0 Å². The molecule has 1 amide bonds. The number of carbonyl (C=O) groups is 1. The monoisotopic (exact) mass is 345 g/mol. The lowest BCUT2D eigenvalue weighted by molar-refractivity contribution is 0.102. The molecular formula is C19H23NO3S. The number of nitrogens with one attached hydrogen (secondary N) is 1. The molecule has 1 N–H and O–H groups in total. The number of sulfone groups is 1. The van der Waals surface area contributed by atoms with Gasteiger partial charge in [0.15, 0.2) is 9.84 Å². The third kappa shape index (κ3) is 3.85. The second kappa shape index (κ2) is 7.18. The number of hydrogen-bond acceptors (Lipinski definition) is 3. The van der Waals surface area contributed by atoms with E-state index >= 15 is 0 Å². The second-order valence-electron chi connectivity index (χ2n) is 6.04. The van der Waals surface area contributed by atoms with Gasteiger partial charge in [-0.05, 0) is 50.5 Å². The first-order valence-electron chi connectivity index (χ1n) is 7.97. The van der Waals surface area contributed by atoms with Gasteiger partial charge in [-0.3, -0.25) is 4.79 Å². The van der Waals surface area contributed by atoms with Crippen LogP contribution in [-0.4, -0.2) is 20.1 Å². The van der Waals surface area contributed by atoms with Crippen LogP contribution in [0, 0.1) is 20.8 Å². The van der Waals surface area contributed by atoms with Gasteiger partial charge in [0.25, 0.3) is 5.91 Å². The molecule has 2 aromatic rings. The molecular weight excluding hydrogens is 322 g/mol. The van der Waals surface area contributed by atoms with Crippen molar-refractivity contribution in [3.8, 4) is 0 Å². The highest BCUT2D eigenvalue weighted by molar-refractivity contribution is 7.91. The Morgan fingerprint density at radius 2 is 1.62 bits per heavy atom. The van der Waals surface area contributed by atoms with E-state index in [0.717, 1.165) is 22.4 Å². The molecule has 4 nitrogen and oxygen atoms in total. The molecule has 0 heterocycles. The molecule has 24 heavy (non-hydrogen) atoms. The van der Waals surface area contributed by atoms with Gasteiger partial charge in [0.1, 0.15) is 0 Å². The summed E-state index contributed by atoms with van der Waals surface area (Å²) < 4.78 is 24.8. The lowest BCUT2D eigenvalue weighted by Gasteiger charge is -2.14. The first-order valence-corrected chi connectivity index (χ1v) is 9.62. The van der Waals surface area contributed by atoms with E-state index in [-0.39, 0.29) is 16.2 Å². The summed E-state index contributed by atoms with van der Waals surface area (Å²) in [5, 5.41) is 2.87. The van der Waals surface area contributed by atoms with Crippen molar-refractivity contribution in [3.63, 3.8) is 0 Å². The second-order valence-corrected chi connectivity index (χ2v) is 8.12. The average molecular weight is 345 g/mol. The summed E-state index contributed by atoms with van der Waals surface area (Å²) in [6, 6.07) is 10.3. The van der Waals surface area contributed by atoms with Crippen LogP contribution in [0.4, 0.5) is 5.69 Å². The van der Waals surface area contributed by atoms with Crippen molar-refractivity contribution >= 4 is 21.4 Å². The zero-order valence-electron chi connectivity index (χ0n) is 14.5. The summed E-state index contributed by atoms with van der Waals surface area (Å²) in [4.78, 5) is 12.8. The fourth-order valence-electron chi connectivity index (χ4n) is 2.86. The summed E-state index contributed by atoms with van der Waals surface area (Å²) in [6.07, 6.45) is 0.508. The summed E-state index contributed by atoms with van der Waals surface area (Å²) >= 11 is 0. The molecule has 0 atom stereocenters. The van der Waals surface area contributed by atoms with Crippen LogP contribution in [-0.2, 0) is 9.84 Å². The van der Waals surface area contributed by atoms with Gasteiger partial charge in [0.2, 0.25) is 0 Å². The van der Waals surface area contributed by atoms with Crippen LogP contribution in [0.25, 0.3) is 0 Å². The quantitative estimate of drug-likeness (QED) is 0.889. The van der Waals surface area contributed by atoms with E-state index in [4.69, 9.17) is 0 Å². The van der Waals surface area contributed by atoms with Crippen molar-refractivity contribution in [1.82, 2.24) is 0 Å². The summed E-state index contributed by atoms with van der Waals surface area (Å²) in [5.41, 5.74) is 3.94. The molecule has 0 aliphatic rings. The molecule has 2 rings (SSSR count). The number of carbonyl (C=O) groups excluding carboxylic acids is 1. The predicted octanol–water partition coefficient (Wildman–Crippen LogP) is 4.05. The van der Waals surface area contributed by atoms with Crippen LogP contribution >= 0.6 is 0 Å². The summed E-state index contributed by atoms with van der Waals surface area (Å²) in [6.45, 7) is 7.65. The predicted molar refractivity (Wildman–Crippen MR) is 97.4 cm³/mol. The Morgan fingerprint density at radius 3 is 2.21 bits per heavy atom. The van der Waals surface area contributed by atoms with Gasteiger partial charge in [0, 0.05) is 5.69 Å². The molecule has 5 heteroatoms. The van der Waals surface area contributed by atoms with E-state index in [2.05, 4.69) is 5.32 Å². The largest absolute Gasteiger partial charge is 0.321 e. The molecule has 0 aromatic heterocycles. The molecule has 0 aliphatic heterocycles. The Balaban J connectivity index is 2.43. The van der Waals surface area contributed by atoms with Crippen molar-refractivity contribution in [2.24, 2.45) is 0 Å². The SMILES string of the molecule is CCCS(=O)(=O)c1ccccc1C(=O)Nc1c(C)cc(C)cc1C. The third-order valence-electron chi connectivity index (χ3n) is 3.86. The number of anilines is 1. The van der Waals surface area contributed by atoms with E-state index in [1.54, 1.807) is 25.1 Å². The smallest absolute Gasteiger partial charge is 0.257 e.